The minimum atomic E-state index is -3.38. The van der Waals surface area contributed by atoms with Gasteiger partial charge in [-0.3, -0.25) is 29.7 Å². The molecule has 0 spiro atoms. The number of aromatic nitrogens is 1. The molecule has 9 heteroatoms. The van der Waals surface area contributed by atoms with Crippen molar-refractivity contribution in [3.63, 3.8) is 0 Å². The summed E-state index contributed by atoms with van der Waals surface area (Å²) in [6, 6.07) is 7.77. The van der Waals surface area contributed by atoms with Crippen LogP contribution < -0.4 is 15.2 Å². The number of pyridine rings is 1. The fourth-order valence-corrected chi connectivity index (χ4v) is 4.27. The molecule has 8 nitrogen and oxygen atoms in total. The number of anilines is 1. The van der Waals surface area contributed by atoms with E-state index in [1.165, 1.54) is 16.6 Å². The van der Waals surface area contributed by atoms with Crippen LogP contribution in [0.1, 0.15) is 33.2 Å². The first-order chi connectivity index (χ1) is 12.3. The summed E-state index contributed by atoms with van der Waals surface area (Å²) >= 11 is 0. The number of nitrogens with one attached hydrogen (secondary N) is 2. The van der Waals surface area contributed by atoms with E-state index in [0.717, 1.165) is 11.8 Å². The van der Waals surface area contributed by atoms with Crippen molar-refractivity contribution in [3.05, 3.63) is 59.4 Å². The van der Waals surface area contributed by atoms with Crippen molar-refractivity contribution in [1.82, 2.24) is 15.8 Å². The quantitative estimate of drug-likeness (QED) is 0.775. The summed E-state index contributed by atoms with van der Waals surface area (Å²) in [5.74, 6) is -0.972. The summed E-state index contributed by atoms with van der Waals surface area (Å²) in [6.45, 7) is 1.81. The van der Waals surface area contributed by atoms with Crippen molar-refractivity contribution >= 4 is 27.5 Å². The van der Waals surface area contributed by atoms with Crippen molar-refractivity contribution in [1.29, 1.82) is 0 Å². The van der Waals surface area contributed by atoms with Gasteiger partial charge < -0.3 is 0 Å². The highest BCUT2D eigenvalue weighted by Gasteiger charge is 2.32. The number of hydrogen-bond acceptors (Lipinski definition) is 5. The Balaban J connectivity index is 1.72. The fraction of sp³-hybridized carbons (Fsp3) is 0.235. The largest absolute Gasteiger partial charge is 0.271 e. The lowest BCUT2D eigenvalue weighted by Crippen LogP contribution is -2.41. The van der Waals surface area contributed by atoms with Crippen molar-refractivity contribution in [3.8, 4) is 0 Å². The number of nitrogens with zero attached hydrogens (tertiary/aromatic N) is 2. The number of amides is 2. The van der Waals surface area contributed by atoms with E-state index in [1.807, 2.05) is 6.92 Å². The van der Waals surface area contributed by atoms with Crippen LogP contribution in [0.2, 0.25) is 0 Å². The Morgan fingerprint density at radius 3 is 2.46 bits per heavy atom. The molecular weight excluding hydrogens is 356 g/mol. The van der Waals surface area contributed by atoms with Crippen LogP contribution in [-0.4, -0.2) is 37.5 Å². The molecule has 136 valence electrons. The number of hydrogen-bond donors (Lipinski definition) is 2. The number of sulfonamides is 1. The molecule has 1 aliphatic heterocycles. The van der Waals surface area contributed by atoms with Gasteiger partial charge >= 0.3 is 0 Å². The van der Waals surface area contributed by atoms with Gasteiger partial charge in [0.25, 0.3) is 11.8 Å². The zero-order valence-corrected chi connectivity index (χ0v) is 15.1. The van der Waals surface area contributed by atoms with Crippen LogP contribution in [0.5, 0.6) is 0 Å². The number of rotatable bonds is 3. The van der Waals surface area contributed by atoms with E-state index in [0.29, 0.717) is 23.2 Å². The molecule has 1 aromatic carbocycles. The summed E-state index contributed by atoms with van der Waals surface area (Å²) in [5.41, 5.74) is 6.67. The fourth-order valence-electron chi connectivity index (χ4n) is 3.00. The molecule has 2 amide bonds. The predicted molar refractivity (Wildman–Crippen MR) is 96.1 cm³/mol. The van der Waals surface area contributed by atoms with E-state index in [4.69, 9.17) is 0 Å². The van der Waals surface area contributed by atoms with Crippen LogP contribution in [0.25, 0.3) is 0 Å². The summed E-state index contributed by atoms with van der Waals surface area (Å²) in [4.78, 5) is 28.0. The lowest BCUT2D eigenvalue weighted by molar-refractivity contribution is 0.0846. The van der Waals surface area contributed by atoms with E-state index in [1.54, 1.807) is 30.5 Å². The van der Waals surface area contributed by atoms with Gasteiger partial charge in [-0.25, -0.2) is 8.42 Å². The maximum atomic E-state index is 12.3. The minimum absolute atomic E-state index is 0.205. The highest BCUT2D eigenvalue weighted by molar-refractivity contribution is 7.92. The molecule has 0 saturated carbocycles. The monoisotopic (exact) mass is 374 g/mol. The summed E-state index contributed by atoms with van der Waals surface area (Å²) < 4.78 is 25.2. The molecule has 2 N–H and O–H groups in total. The Bertz CT molecular complexity index is 960. The molecule has 0 unspecified atom stereocenters. The number of fused-ring (bicyclic) bond motifs is 1. The van der Waals surface area contributed by atoms with E-state index < -0.39 is 21.8 Å². The molecule has 0 bridgehead atoms. The standard InChI is InChI=1S/C17H18N4O4S/c1-11-8-14-9-12(5-6-15(14)21(11)26(2,24)25)16(22)19-20-17(23)13-4-3-7-18-10-13/h3-7,9-11H,8H2,1-2H3,(H,19,22)(H,20,23)/t11-/m0/s1. The summed E-state index contributed by atoms with van der Waals surface area (Å²) in [5, 5.41) is 0. The van der Waals surface area contributed by atoms with Crippen LogP contribution in [-0.2, 0) is 16.4 Å². The van der Waals surface area contributed by atoms with Gasteiger partial charge in [0, 0.05) is 24.0 Å². The average molecular weight is 374 g/mol. The molecule has 1 aliphatic rings. The molecule has 2 heterocycles. The van der Waals surface area contributed by atoms with Gasteiger partial charge in [0.2, 0.25) is 10.0 Å². The van der Waals surface area contributed by atoms with Gasteiger partial charge in [-0.2, -0.15) is 0 Å². The lowest BCUT2D eigenvalue weighted by Gasteiger charge is -2.21. The topological polar surface area (TPSA) is 108 Å². The van der Waals surface area contributed by atoms with Crippen LogP contribution in [0.15, 0.2) is 42.7 Å². The first-order valence-electron chi connectivity index (χ1n) is 7.90. The molecule has 1 atom stereocenters. The molecular formula is C17H18N4O4S. The molecule has 26 heavy (non-hydrogen) atoms. The first kappa shape index (κ1) is 17.9. The van der Waals surface area contributed by atoms with Crippen molar-refractivity contribution < 1.29 is 18.0 Å². The zero-order valence-electron chi connectivity index (χ0n) is 14.3. The van der Waals surface area contributed by atoms with E-state index >= 15 is 0 Å². The van der Waals surface area contributed by atoms with Crippen LogP contribution >= 0.6 is 0 Å². The number of carbonyl (C=O) groups is 2. The lowest BCUT2D eigenvalue weighted by atomic mass is 10.1. The van der Waals surface area contributed by atoms with Crippen LogP contribution in [0.3, 0.4) is 0 Å². The number of hydrazine groups is 1. The second-order valence-electron chi connectivity index (χ2n) is 6.11. The molecule has 0 radical (unpaired) electrons. The molecule has 1 aromatic heterocycles. The Hall–Kier alpha value is -2.94. The predicted octanol–water partition coefficient (Wildman–Crippen LogP) is 0.867. The Morgan fingerprint density at radius 1 is 1.15 bits per heavy atom. The van der Waals surface area contributed by atoms with E-state index in [2.05, 4.69) is 15.8 Å². The molecule has 0 fully saturated rings. The number of carbonyl (C=O) groups excluding carboxylic acids is 2. The van der Waals surface area contributed by atoms with Gasteiger partial charge in [0.15, 0.2) is 0 Å². The van der Waals surface area contributed by atoms with Gasteiger partial charge in [-0.15, -0.1) is 0 Å². The Morgan fingerprint density at radius 2 is 1.85 bits per heavy atom. The number of benzene rings is 1. The summed E-state index contributed by atoms with van der Waals surface area (Å²) in [7, 11) is -3.38. The third-order valence-electron chi connectivity index (χ3n) is 4.07. The SMILES string of the molecule is C[C@H]1Cc2cc(C(=O)NNC(=O)c3cccnc3)ccc2N1S(C)(=O)=O. The third kappa shape index (κ3) is 3.52. The Kier molecular flexibility index (Phi) is 4.64. The third-order valence-corrected chi connectivity index (χ3v) is 5.34. The van der Waals surface area contributed by atoms with E-state index in [9.17, 15) is 18.0 Å². The minimum Gasteiger partial charge on any atom is -0.267 e. The smallest absolute Gasteiger partial charge is 0.267 e. The molecule has 0 aliphatic carbocycles. The van der Waals surface area contributed by atoms with Crippen LogP contribution in [0.4, 0.5) is 5.69 Å². The van der Waals surface area contributed by atoms with Crippen molar-refractivity contribution in [2.45, 2.75) is 19.4 Å². The average Bonchev–Trinajstić information content (AvgIpc) is 2.95. The van der Waals surface area contributed by atoms with Crippen molar-refractivity contribution in [2.24, 2.45) is 0 Å². The zero-order chi connectivity index (χ0) is 18.9. The van der Waals surface area contributed by atoms with Crippen molar-refractivity contribution in [2.75, 3.05) is 10.6 Å². The van der Waals surface area contributed by atoms with Crippen LogP contribution in [0, 0.1) is 0 Å². The van der Waals surface area contributed by atoms with Gasteiger partial charge in [0.05, 0.1) is 17.5 Å². The molecule has 3 rings (SSSR count). The van der Waals surface area contributed by atoms with E-state index in [-0.39, 0.29) is 6.04 Å². The highest BCUT2D eigenvalue weighted by Crippen LogP contribution is 2.34. The van der Waals surface area contributed by atoms with Gasteiger partial charge in [0.1, 0.15) is 0 Å². The highest BCUT2D eigenvalue weighted by atomic mass is 32.2. The maximum absolute atomic E-state index is 12.3. The Labute approximate surface area is 151 Å². The normalized spacial score (nSPS) is 16.1. The first-order valence-corrected chi connectivity index (χ1v) is 9.75. The maximum Gasteiger partial charge on any atom is 0.271 e. The van der Waals surface area contributed by atoms with Gasteiger partial charge in [-0.05, 0) is 49.2 Å². The molecule has 2 aromatic rings. The summed E-state index contributed by atoms with van der Waals surface area (Å²) in [6.07, 6.45) is 4.61. The second-order valence-corrected chi connectivity index (χ2v) is 7.96. The molecule has 0 saturated heterocycles. The van der Waals surface area contributed by atoms with Gasteiger partial charge in [-0.1, -0.05) is 0 Å². The second kappa shape index (κ2) is 6.75.